The second kappa shape index (κ2) is 5.75. The summed E-state index contributed by atoms with van der Waals surface area (Å²) in [5, 5.41) is 0. The van der Waals surface area contributed by atoms with E-state index in [1.54, 1.807) is 31.2 Å². The van der Waals surface area contributed by atoms with Gasteiger partial charge in [-0.1, -0.05) is 12.1 Å². The maximum Gasteiger partial charge on any atom is 0.421 e. The van der Waals surface area contributed by atoms with Gasteiger partial charge < -0.3 is 9.47 Å². The molecule has 1 aromatic rings. The molecular formula is C11H12NO4. The van der Waals surface area contributed by atoms with Crippen molar-refractivity contribution in [2.45, 2.75) is 6.92 Å². The van der Waals surface area contributed by atoms with Gasteiger partial charge in [0.15, 0.2) is 0 Å². The Balaban J connectivity index is 3.03. The van der Waals surface area contributed by atoms with Crippen LogP contribution < -0.4 is 9.64 Å². The van der Waals surface area contributed by atoms with E-state index in [0.717, 1.165) is 4.90 Å². The number of nitrogens with zero attached hydrogens (tertiary/aromatic N) is 1. The van der Waals surface area contributed by atoms with Gasteiger partial charge in [0.1, 0.15) is 5.75 Å². The van der Waals surface area contributed by atoms with Crippen LogP contribution in [-0.4, -0.2) is 26.2 Å². The van der Waals surface area contributed by atoms with E-state index in [4.69, 9.17) is 9.47 Å². The van der Waals surface area contributed by atoms with E-state index < -0.39 is 6.09 Å². The van der Waals surface area contributed by atoms with E-state index in [9.17, 15) is 9.59 Å². The number of anilines is 1. The molecule has 0 aliphatic rings. The lowest BCUT2D eigenvalue weighted by Crippen LogP contribution is -2.30. The Morgan fingerprint density at radius 3 is 2.69 bits per heavy atom. The van der Waals surface area contributed by atoms with Gasteiger partial charge in [-0.3, -0.25) is 4.79 Å². The number of carbonyl (C=O) groups excluding carboxylic acids is 2. The van der Waals surface area contributed by atoms with Crippen LogP contribution in [0.4, 0.5) is 10.5 Å². The smallest absolute Gasteiger partial charge is 0.421 e. The summed E-state index contributed by atoms with van der Waals surface area (Å²) < 4.78 is 9.75. The van der Waals surface area contributed by atoms with Crippen LogP contribution >= 0.6 is 0 Å². The molecule has 0 heterocycles. The lowest BCUT2D eigenvalue weighted by atomic mass is 10.3. The van der Waals surface area contributed by atoms with Crippen LogP contribution in [0.25, 0.3) is 0 Å². The Morgan fingerprint density at radius 2 is 2.12 bits per heavy atom. The van der Waals surface area contributed by atoms with E-state index >= 15 is 0 Å². The Morgan fingerprint density at radius 1 is 1.44 bits per heavy atom. The zero-order valence-corrected chi connectivity index (χ0v) is 9.10. The van der Waals surface area contributed by atoms with Crippen molar-refractivity contribution in [3.8, 4) is 5.75 Å². The predicted molar refractivity (Wildman–Crippen MR) is 58.2 cm³/mol. The Bertz CT molecular complexity index is 378. The van der Waals surface area contributed by atoms with Gasteiger partial charge >= 0.3 is 12.5 Å². The van der Waals surface area contributed by atoms with Gasteiger partial charge in [0.05, 0.1) is 19.4 Å². The van der Waals surface area contributed by atoms with E-state index in [-0.39, 0.29) is 6.61 Å². The van der Waals surface area contributed by atoms with Crippen molar-refractivity contribution >= 4 is 18.2 Å². The van der Waals surface area contributed by atoms with E-state index in [0.29, 0.717) is 11.4 Å². The topological polar surface area (TPSA) is 55.8 Å². The van der Waals surface area contributed by atoms with E-state index in [2.05, 4.69) is 0 Å². The average molecular weight is 222 g/mol. The molecule has 0 unspecified atom stereocenters. The standard InChI is InChI=1S/C11H12NO4/c1-3-16-11(14)12(8-13)9-6-4-5-7-10(9)15-2/h4-7H,3H2,1-2H3. The molecule has 5 heteroatoms. The molecule has 0 fully saturated rings. The first kappa shape index (κ1) is 12.0. The number of hydrogen-bond donors (Lipinski definition) is 0. The van der Waals surface area contributed by atoms with Crippen molar-refractivity contribution in [1.29, 1.82) is 0 Å². The number of rotatable bonds is 4. The molecule has 1 radical (unpaired) electrons. The van der Waals surface area contributed by atoms with Gasteiger partial charge in [-0.2, -0.15) is 0 Å². The van der Waals surface area contributed by atoms with Gasteiger partial charge in [-0.05, 0) is 19.1 Å². The molecule has 0 saturated carbocycles. The molecule has 0 bridgehead atoms. The highest BCUT2D eigenvalue weighted by Crippen LogP contribution is 2.27. The summed E-state index contributed by atoms with van der Waals surface area (Å²) in [6.07, 6.45) is 0.731. The summed E-state index contributed by atoms with van der Waals surface area (Å²) in [6.45, 7) is 1.84. The maximum atomic E-state index is 11.4. The molecule has 16 heavy (non-hydrogen) atoms. The zero-order valence-electron chi connectivity index (χ0n) is 9.10. The number of carbonyl (C=O) groups is 1. The first-order chi connectivity index (χ1) is 7.74. The fraction of sp³-hybridized carbons (Fsp3) is 0.273. The van der Waals surface area contributed by atoms with Crippen molar-refractivity contribution in [2.24, 2.45) is 0 Å². The summed E-state index contributed by atoms with van der Waals surface area (Å²) in [6, 6.07) is 6.62. The molecule has 0 aliphatic heterocycles. The summed E-state index contributed by atoms with van der Waals surface area (Å²) in [5.74, 6) is 0.402. The highest BCUT2D eigenvalue weighted by Gasteiger charge is 2.20. The van der Waals surface area contributed by atoms with Gasteiger partial charge in [0, 0.05) is 0 Å². The average Bonchev–Trinajstić information content (AvgIpc) is 2.31. The van der Waals surface area contributed by atoms with Crippen molar-refractivity contribution in [2.75, 3.05) is 18.6 Å². The fourth-order valence-electron chi connectivity index (χ4n) is 1.19. The first-order valence-electron chi connectivity index (χ1n) is 4.72. The molecule has 0 atom stereocenters. The summed E-state index contributed by atoms with van der Waals surface area (Å²) in [4.78, 5) is 22.9. The summed E-state index contributed by atoms with van der Waals surface area (Å²) in [5.41, 5.74) is 0.304. The number of benzene rings is 1. The highest BCUT2D eigenvalue weighted by atomic mass is 16.6. The number of hydrogen-bond acceptors (Lipinski definition) is 4. The fourth-order valence-corrected chi connectivity index (χ4v) is 1.19. The quantitative estimate of drug-likeness (QED) is 0.728. The molecule has 0 spiro atoms. The minimum absolute atomic E-state index is 0.187. The van der Waals surface area contributed by atoms with Crippen molar-refractivity contribution < 1.29 is 19.1 Å². The van der Waals surface area contributed by atoms with E-state index in [1.165, 1.54) is 13.5 Å². The summed E-state index contributed by atoms with van der Waals surface area (Å²) >= 11 is 0. The SMILES string of the molecule is CCOC(=O)N([C]=O)c1ccccc1OC. The van der Waals surface area contributed by atoms with Gasteiger partial charge in [0.2, 0.25) is 0 Å². The molecular weight excluding hydrogens is 210 g/mol. The molecule has 1 aromatic carbocycles. The third-order valence-corrected chi connectivity index (χ3v) is 1.87. The number of amides is 2. The number of imide groups is 1. The Kier molecular flexibility index (Phi) is 4.32. The largest absolute Gasteiger partial charge is 0.495 e. The van der Waals surface area contributed by atoms with Crippen LogP contribution in [0.3, 0.4) is 0 Å². The van der Waals surface area contributed by atoms with Crippen molar-refractivity contribution in [3.63, 3.8) is 0 Å². The van der Waals surface area contributed by atoms with Crippen LogP contribution in [0.1, 0.15) is 6.92 Å². The van der Waals surface area contributed by atoms with Crippen molar-refractivity contribution in [3.05, 3.63) is 24.3 Å². The number of para-hydroxylation sites is 2. The van der Waals surface area contributed by atoms with Crippen molar-refractivity contribution in [1.82, 2.24) is 0 Å². The number of methoxy groups -OCH3 is 1. The van der Waals surface area contributed by atoms with E-state index in [1.807, 2.05) is 0 Å². The van der Waals surface area contributed by atoms with Gasteiger partial charge in [-0.15, -0.1) is 0 Å². The van der Waals surface area contributed by atoms with Crippen LogP contribution in [0.15, 0.2) is 24.3 Å². The molecule has 1 rings (SSSR count). The Labute approximate surface area is 93.6 Å². The maximum absolute atomic E-state index is 11.4. The van der Waals surface area contributed by atoms with Crippen LogP contribution in [-0.2, 0) is 9.53 Å². The third kappa shape index (κ3) is 2.50. The van der Waals surface area contributed by atoms with Crippen LogP contribution in [0.2, 0.25) is 0 Å². The molecule has 0 aromatic heterocycles. The molecule has 0 N–H and O–H groups in total. The van der Waals surface area contributed by atoms with Gasteiger partial charge in [-0.25, -0.2) is 9.69 Å². The zero-order chi connectivity index (χ0) is 12.0. The lowest BCUT2D eigenvalue weighted by molar-refractivity contribution is 0.163. The highest BCUT2D eigenvalue weighted by molar-refractivity contribution is 6.04. The first-order valence-corrected chi connectivity index (χ1v) is 4.72. The molecule has 0 saturated heterocycles. The monoisotopic (exact) mass is 222 g/mol. The minimum atomic E-state index is -0.776. The van der Waals surface area contributed by atoms with Crippen LogP contribution in [0.5, 0.6) is 5.75 Å². The molecule has 5 nitrogen and oxygen atoms in total. The lowest BCUT2D eigenvalue weighted by Gasteiger charge is -2.16. The molecule has 85 valence electrons. The van der Waals surface area contributed by atoms with Crippen LogP contribution in [0, 0.1) is 0 Å². The Hall–Kier alpha value is -2.04. The second-order valence-electron chi connectivity index (χ2n) is 2.80. The second-order valence-corrected chi connectivity index (χ2v) is 2.80. The number of ether oxygens (including phenoxy) is 2. The predicted octanol–water partition coefficient (Wildman–Crippen LogP) is 1.73. The third-order valence-electron chi connectivity index (χ3n) is 1.87. The normalized spacial score (nSPS) is 9.38. The van der Waals surface area contributed by atoms with Gasteiger partial charge in [0.25, 0.3) is 0 Å². The summed E-state index contributed by atoms with van der Waals surface area (Å²) in [7, 11) is 1.45. The molecule has 0 aliphatic carbocycles. The molecule has 2 amide bonds. The minimum Gasteiger partial charge on any atom is -0.495 e.